The molecule has 1 aromatic carbocycles. The van der Waals surface area contributed by atoms with Crippen LogP contribution in [0.25, 0.3) is 10.2 Å². The van der Waals surface area contributed by atoms with Gasteiger partial charge < -0.3 is 14.8 Å². The van der Waals surface area contributed by atoms with Gasteiger partial charge in [0, 0.05) is 45.7 Å². The fraction of sp³-hybridized carbons (Fsp3) is 0.222. The normalized spacial score (nSPS) is 14.5. The molecular formula is C27H23FN6O2S3. The number of hydrogen-bond donors (Lipinski definition) is 1. The van der Waals surface area contributed by atoms with Crippen LogP contribution in [-0.2, 0) is 4.79 Å². The van der Waals surface area contributed by atoms with E-state index >= 15 is 0 Å². The summed E-state index contributed by atoms with van der Waals surface area (Å²) in [4.78, 5) is 28.7. The molecule has 8 nitrogen and oxygen atoms in total. The molecule has 0 amide bonds. The smallest absolute Gasteiger partial charge is 0.208 e. The molecule has 4 aromatic heterocycles. The highest BCUT2D eigenvalue weighted by molar-refractivity contribution is 7.99. The first kappa shape index (κ1) is 25.8. The minimum Gasteiger partial charge on any atom is -0.453 e. The van der Waals surface area contributed by atoms with Crippen LogP contribution in [0.4, 0.5) is 15.3 Å². The van der Waals surface area contributed by atoms with Gasteiger partial charge >= 0.3 is 0 Å². The molecule has 0 spiro atoms. The monoisotopic (exact) mass is 578 g/mol. The summed E-state index contributed by atoms with van der Waals surface area (Å²) in [5.74, 6) is 2.20. The third-order valence-electron chi connectivity index (χ3n) is 6.36. The molecular weight excluding hydrogens is 556 g/mol. The lowest BCUT2D eigenvalue weighted by Crippen LogP contribution is -2.34. The lowest BCUT2D eigenvalue weighted by molar-refractivity contribution is -0.109. The van der Waals surface area contributed by atoms with Crippen molar-refractivity contribution in [3.8, 4) is 11.5 Å². The fourth-order valence-electron chi connectivity index (χ4n) is 4.37. The second-order valence-corrected chi connectivity index (χ2v) is 11.7. The number of hydrogen-bond acceptors (Lipinski definition) is 11. The Kier molecular flexibility index (Phi) is 7.77. The van der Waals surface area contributed by atoms with Crippen LogP contribution in [0.3, 0.4) is 0 Å². The van der Waals surface area contributed by atoms with Gasteiger partial charge in [0.15, 0.2) is 11.6 Å². The van der Waals surface area contributed by atoms with Gasteiger partial charge in [0.2, 0.25) is 5.13 Å². The Bertz CT molecular complexity index is 1580. The van der Waals surface area contributed by atoms with Gasteiger partial charge in [-0.25, -0.2) is 14.4 Å². The van der Waals surface area contributed by atoms with Gasteiger partial charge in [0.25, 0.3) is 0 Å². The molecule has 0 radical (unpaired) electrons. The number of nitrogens with zero attached hydrogens (tertiary/aromatic N) is 5. The number of aromatic nitrogens is 4. The molecule has 0 aliphatic carbocycles. The van der Waals surface area contributed by atoms with Crippen LogP contribution in [0.1, 0.15) is 24.6 Å². The molecule has 5 heterocycles. The number of piperidine rings is 1. The van der Waals surface area contributed by atoms with Crippen molar-refractivity contribution < 1.29 is 13.9 Å². The summed E-state index contributed by atoms with van der Waals surface area (Å²) in [6.07, 6.45) is 6.37. The predicted octanol–water partition coefficient (Wildman–Crippen LogP) is 6.75. The maximum absolute atomic E-state index is 13.5. The Morgan fingerprint density at radius 3 is 2.82 bits per heavy atom. The van der Waals surface area contributed by atoms with Gasteiger partial charge in [0.1, 0.15) is 23.7 Å². The third-order valence-corrected chi connectivity index (χ3v) is 9.09. The molecule has 0 unspecified atom stereocenters. The molecule has 12 heteroatoms. The SMILES string of the molecule is O=CCN1CCC(c2nsc(Nc3ncc(Sc4ccnc5ccsc45)cc3Oc3ccc(F)cc3)n2)CC1. The summed E-state index contributed by atoms with van der Waals surface area (Å²) in [5, 5.41) is 5.92. The van der Waals surface area contributed by atoms with E-state index in [1.165, 1.54) is 23.7 Å². The lowest BCUT2D eigenvalue weighted by Gasteiger charge is -2.28. The van der Waals surface area contributed by atoms with Gasteiger partial charge in [-0.1, -0.05) is 11.8 Å². The number of ether oxygens (including phenoxy) is 1. The van der Waals surface area contributed by atoms with Crippen molar-refractivity contribution in [2.45, 2.75) is 28.6 Å². The number of aldehydes is 1. The van der Waals surface area contributed by atoms with Gasteiger partial charge in [-0.15, -0.1) is 11.3 Å². The van der Waals surface area contributed by atoms with Crippen LogP contribution < -0.4 is 10.1 Å². The number of likely N-dealkylation sites (tertiary alicyclic amines) is 1. The van der Waals surface area contributed by atoms with E-state index in [4.69, 9.17) is 9.72 Å². The highest BCUT2D eigenvalue weighted by Crippen LogP contribution is 2.39. The van der Waals surface area contributed by atoms with E-state index in [9.17, 15) is 9.18 Å². The van der Waals surface area contributed by atoms with E-state index < -0.39 is 0 Å². The quantitative estimate of drug-likeness (QED) is 0.191. The van der Waals surface area contributed by atoms with E-state index in [1.54, 1.807) is 47.6 Å². The molecule has 1 fully saturated rings. The number of nitrogens with one attached hydrogen (secondary N) is 1. The summed E-state index contributed by atoms with van der Waals surface area (Å²) in [6, 6.07) is 11.8. The van der Waals surface area contributed by atoms with Crippen LogP contribution in [0.5, 0.6) is 11.5 Å². The third kappa shape index (κ3) is 6.09. The first-order valence-electron chi connectivity index (χ1n) is 12.3. The fourth-order valence-corrected chi connectivity index (χ4v) is 6.90. The number of fused-ring (bicyclic) bond motifs is 1. The Hall–Kier alpha value is -3.45. The summed E-state index contributed by atoms with van der Waals surface area (Å²) >= 11 is 4.50. The number of carbonyl (C=O) groups excluding carboxylic acids is 1. The van der Waals surface area contributed by atoms with Crippen molar-refractivity contribution in [2.24, 2.45) is 0 Å². The average Bonchev–Trinajstić information content (AvgIpc) is 3.63. The van der Waals surface area contributed by atoms with Crippen LogP contribution in [0.15, 0.2) is 70.0 Å². The highest BCUT2D eigenvalue weighted by Gasteiger charge is 2.24. The van der Waals surface area contributed by atoms with Crippen LogP contribution in [-0.4, -0.2) is 50.1 Å². The predicted molar refractivity (Wildman–Crippen MR) is 152 cm³/mol. The maximum Gasteiger partial charge on any atom is 0.208 e. The molecule has 198 valence electrons. The number of anilines is 2. The van der Waals surface area contributed by atoms with Crippen molar-refractivity contribution in [1.29, 1.82) is 0 Å². The van der Waals surface area contributed by atoms with Crippen LogP contribution in [0.2, 0.25) is 0 Å². The zero-order valence-electron chi connectivity index (χ0n) is 20.6. The molecule has 6 rings (SSSR count). The maximum atomic E-state index is 13.5. The molecule has 5 aromatic rings. The second-order valence-electron chi connectivity index (χ2n) is 8.94. The molecule has 0 bridgehead atoms. The summed E-state index contributed by atoms with van der Waals surface area (Å²) in [7, 11) is 0. The van der Waals surface area contributed by atoms with Crippen molar-refractivity contribution >= 4 is 62.1 Å². The van der Waals surface area contributed by atoms with E-state index in [2.05, 4.69) is 24.6 Å². The van der Waals surface area contributed by atoms with Gasteiger partial charge in [0.05, 0.1) is 16.8 Å². The number of pyridine rings is 2. The van der Waals surface area contributed by atoms with Crippen LogP contribution in [0, 0.1) is 5.82 Å². The van der Waals surface area contributed by atoms with Gasteiger partial charge in [-0.05, 0) is 67.7 Å². The minimum absolute atomic E-state index is 0.260. The first-order chi connectivity index (χ1) is 19.1. The Labute approximate surface area is 236 Å². The van der Waals surface area contributed by atoms with Gasteiger partial charge in [-0.3, -0.25) is 9.88 Å². The summed E-state index contributed by atoms with van der Waals surface area (Å²) in [5.41, 5.74) is 0.959. The zero-order chi connectivity index (χ0) is 26.6. The number of thiophene rings is 1. The van der Waals surface area contributed by atoms with Gasteiger partial charge in [-0.2, -0.15) is 4.37 Å². The van der Waals surface area contributed by atoms with E-state index in [1.807, 2.05) is 23.6 Å². The van der Waals surface area contributed by atoms with Crippen LogP contribution >= 0.6 is 34.6 Å². The Morgan fingerprint density at radius 1 is 1.15 bits per heavy atom. The summed E-state index contributed by atoms with van der Waals surface area (Å²) in [6.45, 7) is 2.19. The Balaban J connectivity index is 1.24. The second kappa shape index (κ2) is 11.7. The molecule has 1 aliphatic rings. The zero-order valence-corrected chi connectivity index (χ0v) is 23.1. The molecule has 1 aliphatic heterocycles. The molecule has 1 saturated heterocycles. The largest absolute Gasteiger partial charge is 0.453 e. The topological polar surface area (TPSA) is 93.1 Å². The average molecular weight is 579 g/mol. The standard InChI is InChI=1S/C27H23FN6O2S3/c28-18-1-3-19(4-2-18)36-22-15-20(38-23-5-9-29-21-8-14-37-24(21)23)16-30-26(22)32-27-31-25(33-39-27)17-6-10-34(11-7-17)12-13-35/h1-5,8-9,13-17H,6-7,10-12H2,(H,30,31,32,33). The van der Waals surface area contributed by atoms with E-state index in [0.29, 0.717) is 29.0 Å². The van der Waals surface area contributed by atoms with Crippen molar-refractivity contribution in [1.82, 2.24) is 24.2 Å². The summed E-state index contributed by atoms with van der Waals surface area (Å²) < 4.78 is 25.4. The van der Waals surface area contributed by atoms with E-state index in [-0.39, 0.29) is 11.7 Å². The first-order valence-corrected chi connectivity index (χ1v) is 14.8. The van der Waals surface area contributed by atoms with Crippen molar-refractivity contribution in [3.05, 3.63) is 71.9 Å². The number of halogens is 1. The molecule has 0 saturated carbocycles. The Morgan fingerprint density at radius 2 is 2.00 bits per heavy atom. The number of rotatable bonds is 9. The van der Waals surface area contributed by atoms with Crippen molar-refractivity contribution in [2.75, 3.05) is 25.0 Å². The van der Waals surface area contributed by atoms with Crippen molar-refractivity contribution in [3.63, 3.8) is 0 Å². The molecule has 0 atom stereocenters. The molecule has 39 heavy (non-hydrogen) atoms. The number of carbonyl (C=O) groups is 1. The lowest BCUT2D eigenvalue weighted by atomic mass is 9.96. The van der Waals surface area contributed by atoms with E-state index in [0.717, 1.165) is 58.0 Å². The molecule has 1 N–H and O–H groups in total. The highest BCUT2D eigenvalue weighted by atomic mass is 32.2. The minimum atomic E-state index is -0.334. The number of benzene rings is 1.